The van der Waals surface area contributed by atoms with E-state index in [1.807, 2.05) is 13.8 Å². The van der Waals surface area contributed by atoms with Gasteiger partial charge >= 0.3 is 0 Å². The summed E-state index contributed by atoms with van der Waals surface area (Å²) in [6, 6.07) is 0. The smallest absolute Gasteiger partial charge is 0.160 e. The van der Waals surface area contributed by atoms with Crippen molar-refractivity contribution in [1.82, 2.24) is 0 Å². The topological polar surface area (TPSA) is 18.5 Å². The summed E-state index contributed by atoms with van der Waals surface area (Å²) in [5, 5.41) is 0. The van der Waals surface area contributed by atoms with Crippen molar-refractivity contribution in [2.45, 2.75) is 39.4 Å². The van der Waals surface area contributed by atoms with Gasteiger partial charge in [0.25, 0.3) is 0 Å². The molecule has 1 rings (SSSR count). The van der Waals surface area contributed by atoms with Crippen LogP contribution in [0.25, 0.3) is 0 Å². The highest BCUT2D eigenvalue weighted by atomic mass is 16.7. The van der Waals surface area contributed by atoms with Crippen LogP contribution in [0.15, 0.2) is 12.2 Å². The van der Waals surface area contributed by atoms with Crippen molar-refractivity contribution < 1.29 is 9.47 Å². The van der Waals surface area contributed by atoms with Gasteiger partial charge in [-0.2, -0.15) is 0 Å². The van der Waals surface area contributed by atoms with Gasteiger partial charge in [-0.15, -0.1) is 0 Å². The molecule has 13 heavy (non-hydrogen) atoms. The van der Waals surface area contributed by atoms with Crippen LogP contribution in [0.1, 0.15) is 33.1 Å². The van der Waals surface area contributed by atoms with Crippen molar-refractivity contribution in [3.63, 3.8) is 0 Å². The van der Waals surface area contributed by atoms with E-state index < -0.39 is 0 Å². The molecule has 1 atom stereocenters. The normalized spacial score (nSPS) is 22.5. The molecule has 0 radical (unpaired) electrons. The SMILES string of the molecule is CCOC(OCC)[C@H]1CC=CCC1. The minimum absolute atomic E-state index is 0.0138. The van der Waals surface area contributed by atoms with Gasteiger partial charge in [-0.25, -0.2) is 0 Å². The van der Waals surface area contributed by atoms with E-state index in [0.29, 0.717) is 5.92 Å². The molecule has 0 saturated heterocycles. The number of rotatable bonds is 5. The van der Waals surface area contributed by atoms with E-state index >= 15 is 0 Å². The molecule has 0 saturated carbocycles. The van der Waals surface area contributed by atoms with Gasteiger partial charge in [-0.05, 0) is 33.1 Å². The van der Waals surface area contributed by atoms with Crippen LogP contribution in [0.4, 0.5) is 0 Å². The van der Waals surface area contributed by atoms with E-state index in [-0.39, 0.29) is 6.29 Å². The molecule has 0 amide bonds. The predicted octanol–water partition coefficient (Wildman–Crippen LogP) is 2.74. The van der Waals surface area contributed by atoms with Crippen LogP contribution >= 0.6 is 0 Å². The minimum atomic E-state index is 0.0138. The molecule has 0 aliphatic heterocycles. The van der Waals surface area contributed by atoms with Crippen LogP contribution < -0.4 is 0 Å². The summed E-state index contributed by atoms with van der Waals surface area (Å²) in [4.78, 5) is 0. The fourth-order valence-corrected chi connectivity index (χ4v) is 1.71. The van der Waals surface area contributed by atoms with E-state index in [4.69, 9.17) is 9.47 Å². The highest BCUT2D eigenvalue weighted by Gasteiger charge is 2.21. The number of ether oxygens (including phenoxy) is 2. The standard InChI is InChI=1S/C11H20O2/c1-3-12-11(13-4-2)10-8-6-5-7-9-10/h5-6,10-11H,3-4,7-9H2,1-2H3/t10-/m0/s1. The van der Waals surface area contributed by atoms with Gasteiger partial charge in [0.2, 0.25) is 0 Å². The first-order valence-electron chi connectivity index (χ1n) is 5.26. The fraction of sp³-hybridized carbons (Fsp3) is 0.818. The van der Waals surface area contributed by atoms with Gasteiger partial charge in [0.05, 0.1) is 0 Å². The number of allylic oxidation sites excluding steroid dienone is 2. The molecule has 0 aromatic heterocycles. The highest BCUT2D eigenvalue weighted by molar-refractivity contribution is 4.91. The molecule has 0 fully saturated rings. The first kappa shape index (κ1) is 10.7. The predicted molar refractivity (Wildman–Crippen MR) is 53.5 cm³/mol. The molecular formula is C11H20O2. The summed E-state index contributed by atoms with van der Waals surface area (Å²) in [5.41, 5.74) is 0. The molecule has 0 unspecified atom stereocenters. The summed E-state index contributed by atoms with van der Waals surface area (Å²) in [5.74, 6) is 0.560. The Morgan fingerprint density at radius 2 is 1.92 bits per heavy atom. The Morgan fingerprint density at radius 1 is 1.23 bits per heavy atom. The third-order valence-corrected chi connectivity index (χ3v) is 2.36. The second-order valence-electron chi connectivity index (χ2n) is 3.32. The Balaban J connectivity index is 2.37. The van der Waals surface area contributed by atoms with Crippen LogP contribution in [0.2, 0.25) is 0 Å². The fourth-order valence-electron chi connectivity index (χ4n) is 1.71. The van der Waals surface area contributed by atoms with Crippen LogP contribution in [-0.2, 0) is 9.47 Å². The molecule has 1 aliphatic rings. The van der Waals surface area contributed by atoms with Crippen LogP contribution in [0.5, 0.6) is 0 Å². The lowest BCUT2D eigenvalue weighted by atomic mass is 9.94. The second-order valence-corrected chi connectivity index (χ2v) is 3.32. The zero-order chi connectivity index (χ0) is 9.52. The Bertz CT molecular complexity index is 148. The first-order valence-corrected chi connectivity index (χ1v) is 5.26. The second kappa shape index (κ2) is 6.17. The van der Waals surface area contributed by atoms with Crippen molar-refractivity contribution in [2.24, 2.45) is 5.92 Å². The van der Waals surface area contributed by atoms with Crippen molar-refractivity contribution in [3.8, 4) is 0 Å². The van der Waals surface area contributed by atoms with E-state index in [9.17, 15) is 0 Å². The maximum absolute atomic E-state index is 5.57. The maximum Gasteiger partial charge on any atom is 0.160 e. The Hall–Kier alpha value is -0.340. The lowest BCUT2D eigenvalue weighted by Crippen LogP contribution is -2.28. The van der Waals surface area contributed by atoms with Crippen molar-refractivity contribution >= 4 is 0 Å². The molecule has 2 heteroatoms. The van der Waals surface area contributed by atoms with Crippen molar-refractivity contribution in [2.75, 3.05) is 13.2 Å². The third-order valence-electron chi connectivity index (χ3n) is 2.36. The van der Waals surface area contributed by atoms with E-state index in [0.717, 1.165) is 19.6 Å². The van der Waals surface area contributed by atoms with Gasteiger partial charge < -0.3 is 9.47 Å². The molecule has 0 heterocycles. The summed E-state index contributed by atoms with van der Waals surface area (Å²) < 4.78 is 11.1. The molecule has 0 bridgehead atoms. The van der Waals surface area contributed by atoms with Gasteiger partial charge in [0, 0.05) is 19.1 Å². The van der Waals surface area contributed by atoms with E-state index in [1.54, 1.807) is 0 Å². The van der Waals surface area contributed by atoms with Crippen molar-refractivity contribution in [1.29, 1.82) is 0 Å². The average molecular weight is 184 g/mol. The lowest BCUT2D eigenvalue weighted by molar-refractivity contribution is -0.168. The highest BCUT2D eigenvalue weighted by Crippen LogP contribution is 2.24. The van der Waals surface area contributed by atoms with Gasteiger partial charge in [-0.3, -0.25) is 0 Å². The van der Waals surface area contributed by atoms with E-state index in [1.165, 1.54) is 12.8 Å². The Labute approximate surface area is 80.9 Å². The average Bonchev–Trinajstić information content (AvgIpc) is 2.19. The number of hydrogen-bond donors (Lipinski definition) is 0. The Morgan fingerprint density at radius 3 is 2.38 bits per heavy atom. The molecule has 0 aromatic carbocycles. The van der Waals surface area contributed by atoms with E-state index in [2.05, 4.69) is 12.2 Å². The molecular weight excluding hydrogens is 164 g/mol. The van der Waals surface area contributed by atoms with Crippen LogP contribution in [0, 0.1) is 5.92 Å². The molecule has 0 aromatic rings. The molecule has 1 aliphatic carbocycles. The summed E-state index contributed by atoms with van der Waals surface area (Å²) >= 11 is 0. The van der Waals surface area contributed by atoms with Crippen molar-refractivity contribution in [3.05, 3.63) is 12.2 Å². The van der Waals surface area contributed by atoms with Crippen LogP contribution in [0.3, 0.4) is 0 Å². The largest absolute Gasteiger partial charge is 0.353 e. The van der Waals surface area contributed by atoms with Gasteiger partial charge in [-0.1, -0.05) is 12.2 Å². The third kappa shape index (κ3) is 3.49. The molecule has 0 N–H and O–H groups in total. The summed E-state index contributed by atoms with van der Waals surface area (Å²) in [6.45, 7) is 5.52. The molecule has 0 spiro atoms. The molecule has 76 valence electrons. The van der Waals surface area contributed by atoms with Crippen LogP contribution in [-0.4, -0.2) is 19.5 Å². The summed E-state index contributed by atoms with van der Waals surface area (Å²) in [7, 11) is 0. The number of hydrogen-bond acceptors (Lipinski definition) is 2. The van der Waals surface area contributed by atoms with Gasteiger partial charge in [0.1, 0.15) is 0 Å². The zero-order valence-electron chi connectivity index (χ0n) is 8.66. The quantitative estimate of drug-likeness (QED) is 0.483. The van der Waals surface area contributed by atoms with Gasteiger partial charge in [0.15, 0.2) is 6.29 Å². The lowest BCUT2D eigenvalue weighted by Gasteiger charge is -2.27. The Kier molecular flexibility index (Phi) is 5.09. The monoisotopic (exact) mass is 184 g/mol. The maximum atomic E-state index is 5.57. The first-order chi connectivity index (χ1) is 6.38. The zero-order valence-corrected chi connectivity index (χ0v) is 8.66. The minimum Gasteiger partial charge on any atom is -0.353 e. The summed E-state index contributed by atoms with van der Waals surface area (Å²) in [6.07, 6.45) is 7.96. The molecule has 2 nitrogen and oxygen atoms in total.